The molecule has 1 N–H and O–H groups in total. The average molecular weight is 401 g/mol. The van der Waals surface area contributed by atoms with Crippen molar-refractivity contribution >= 4 is 6.09 Å². The van der Waals surface area contributed by atoms with Gasteiger partial charge in [0.15, 0.2) is 0 Å². The summed E-state index contributed by atoms with van der Waals surface area (Å²) in [6.45, 7) is 11.3. The monoisotopic (exact) mass is 400 g/mol. The van der Waals surface area contributed by atoms with E-state index in [0.717, 1.165) is 24.4 Å². The van der Waals surface area contributed by atoms with Crippen molar-refractivity contribution in [2.75, 3.05) is 26.7 Å². The van der Waals surface area contributed by atoms with Gasteiger partial charge in [0, 0.05) is 19.1 Å². The third kappa shape index (κ3) is 9.48. The highest BCUT2D eigenvalue weighted by Gasteiger charge is 2.14. The molecule has 1 atom stereocenters. The molecule has 0 aromatic heterocycles. The van der Waals surface area contributed by atoms with E-state index in [0.29, 0.717) is 13.2 Å². The predicted molar refractivity (Wildman–Crippen MR) is 119 cm³/mol. The molecule has 5 heteroatoms. The molecule has 0 aliphatic carbocycles. The van der Waals surface area contributed by atoms with Crippen LogP contribution in [0.15, 0.2) is 54.6 Å². The van der Waals surface area contributed by atoms with Crippen LogP contribution in [-0.4, -0.2) is 37.7 Å². The van der Waals surface area contributed by atoms with Gasteiger partial charge in [-0.2, -0.15) is 0 Å². The molecule has 0 aliphatic heterocycles. The Morgan fingerprint density at radius 3 is 2.21 bits per heavy atom. The molecule has 0 aliphatic rings. The molecule has 1 unspecified atom stereocenters. The molecule has 0 bridgehead atoms. The van der Waals surface area contributed by atoms with Crippen LogP contribution in [0.5, 0.6) is 5.75 Å². The van der Waals surface area contributed by atoms with E-state index in [2.05, 4.69) is 66.9 Å². The minimum Gasteiger partial charge on any atom is -0.489 e. The second-order valence-corrected chi connectivity index (χ2v) is 6.77. The maximum absolute atomic E-state index is 11.2. The first-order valence-corrected chi connectivity index (χ1v) is 10.4. The number of nitrogens with zero attached hydrogens (tertiary/aromatic N) is 1. The molecule has 0 saturated carbocycles. The van der Waals surface area contributed by atoms with Crippen molar-refractivity contribution in [3.8, 4) is 5.75 Å². The van der Waals surface area contributed by atoms with E-state index in [9.17, 15) is 4.79 Å². The van der Waals surface area contributed by atoms with Crippen molar-refractivity contribution in [3.63, 3.8) is 0 Å². The van der Waals surface area contributed by atoms with Crippen molar-refractivity contribution in [2.45, 2.75) is 46.8 Å². The highest BCUT2D eigenvalue weighted by atomic mass is 16.5. The average Bonchev–Trinajstić information content (AvgIpc) is 2.76. The Labute approximate surface area is 176 Å². The number of carbonyl (C=O) groups is 1. The summed E-state index contributed by atoms with van der Waals surface area (Å²) in [6.07, 6.45) is 0.855. The third-order valence-electron chi connectivity index (χ3n) is 4.42. The third-order valence-corrected chi connectivity index (χ3v) is 4.42. The fraction of sp³-hybridized carbons (Fsp3) is 0.458. The molecular formula is C24H36N2O3. The summed E-state index contributed by atoms with van der Waals surface area (Å²) in [5.41, 5.74) is 2.37. The van der Waals surface area contributed by atoms with Gasteiger partial charge in [0.1, 0.15) is 12.4 Å². The highest BCUT2D eigenvalue weighted by molar-refractivity contribution is 5.66. The van der Waals surface area contributed by atoms with Gasteiger partial charge < -0.3 is 14.8 Å². The van der Waals surface area contributed by atoms with Crippen LogP contribution < -0.4 is 10.1 Å². The van der Waals surface area contributed by atoms with Crippen molar-refractivity contribution < 1.29 is 14.3 Å². The molecule has 0 radical (unpaired) electrons. The molecule has 2 aromatic rings. The number of benzene rings is 2. The van der Waals surface area contributed by atoms with Crippen LogP contribution in [0, 0.1) is 0 Å². The van der Waals surface area contributed by atoms with E-state index < -0.39 is 6.09 Å². The second kappa shape index (κ2) is 14.5. The van der Waals surface area contributed by atoms with Gasteiger partial charge in [0.05, 0.1) is 7.11 Å². The van der Waals surface area contributed by atoms with Gasteiger partial charge in [-0.25, -0.2) is 4.79 Å². The highest BCUT2D eigenvalue weighted by Crippen LogP contribution is 2.23. The SMILES string of the molecule is CCC.CCN(CCNC(=O)OC)C(C)c1ccc(OCc2ccccc2)cc1. The number of nitrogens with one attached hydrogen (secondary N) is 1. The van der Waals surface area contributed by atoms with E-state index in [-0.39, 0.29) is 6.04 Å². The number of ether oxygens (including phenoxy) is 2. The fourth-order valence-corrected chi connectivity index (χ4v) is 2.79. The summed E-state index contributed by atoms with van der Waals surface area (Å²) in [4.78, 5) is 13.5. The van der Waals surface area contributed by atoms with Crippen LogP contribution in [0.4, 0.5) is 4.79 Å². The number of hydrogen-bond donors (Lipinski definition) is 1. The van der Waals surface area contributed by atoms with Crippen LogP contribution in [0.3, 0.4) is 0 Å². The van der Waals surface area contributed by atoms with Gasteiger partial charge in [0.25, 0.3) is 0 Å². The number of likely N-dealkylation sites (N-methyl/N-ethyl adjacent to an activating group) is 1. The summed E-state index contributed by atoms with van der Waals surface area (Å²) in [6, 6.07) is 18.6. The lowest BCUT2D eigenvalue weighted by Gasteiger charge is -2.28. The largest absolute Gasteiger partial charge is 0.489 e. The molecule has 0 saturated heterocycles. The molecular weight excluding hydrogens is 364 g/mol. The minimum atomic E-state index is -0.395. The Bertz CT molecular complexity index is 674. The van der Waals surface area contributed by atoms with Gasteiger partial charge in [-0.1, -0.05) is 69.7 Å². The number of methoxy groups -OCH3 is 1. The molecule has 2 rings (SSSR count). The second-order valence-electron chi connectivity index (χ2n) is 6.77. The van der Waals surface area contributed by atoms with Crippen LogP contribution in [0.25, 0.3) is 0 Å². The molecule has 1 amide bonds. The van der Waals surface area contributed by atoms with Crippen LogP contribution in [-0.2, 0) is 11.3 Å². The van der Waals surface area contributed by atoms with Crippen LogP contribution in [0.1, 0.15) is 51.3 Å². The summed E-state index contributed by atoms with van der Waals surface area (Å²) in [7, 11) is 1.37. The number of carbonyl (C=O) groups excluding carboxylic acids is 1. The first kappa shape index (κ1) is 24.5. The van der Waals surface area contributed by atoms with E-state index in [1.54, 1.807) is 0 Å². The maximum atomic E-state index is 11.2. The molecule has 0 heterocycles. The van der Waals surface area contributed by atoms with Crippen molar-refractivity contribution in [1.29, 1.82) is 0 Å². The zero-order chi connectivity index (χ0) is 21.5. The first-order chi connectivity index (χ1) is 14.0. The molecule has 160 valence electrons. The van der Waals surface area contributed by atoms with E-state index in [4.69, 9.17) is 4.74 Å². The van der Waals surface area contributed by atoms with Crippen molar-refractivity contribution in [2.24, 2.45) is 0 Å². The van der Waals surface area contributed by atoms with E-state index in [1.165, 1.54) is 19.1 Å². The smallest absolute Gasteiger partial charge is 0.406 e. The van der Waals surface area contributed by atoms with Crippen LogP contribution >= 0.6 is 0 Å². The number of rotatable bonds is 9. The summed E-state index contributed by atoms with van der Waals surface area (Å²) in [5.74, 6) is 0.861. The summed E-state index contributed by atoms with van der Waals surface area (Å²) < 4.78 is 10.4. The minimum absolute atomic E-state index is 0.252. The maximum Gasteiger partial charge on any atom is 0.406 e. The molecule has 0 spiro atoms. The fourth-order valence-electron chi connectivity index (χ4n) is 2.79. The van der Waals surface area contributed by atoms with Gasteiger partial charge in [0.2, 0.25) is 0 Å². The Kier molecular flexibility index (Phi) is 12.2. The topological polar surface area (TPSA) is 50.8 Å². The Morgan fingerprint density at radius 1 is 1.03 bits per heavy atom. The standard InChI is InChI=1S/C21H28N2O3.C3H8/c1-4-23(15-14-22-21(24)25-3)17(2)19-10-12-20(13-11-19)26-16-18-8-6-5-7-9-18;1-3-2/h5-13,17H,4,14-16H2,1-3H3,(H,22,24);3H2,1-2H3. The normalized spacial score (nSPS) is 11.2. The molecule has 2 aromatic carbocycles. The lowest BCUT2D eigenvalue weighted by molar-refractivity contribution is 0.165. The van der Waals surface area contributed by atoms with Gasteiger partial charge >= 0.3 is 6.09 Å². The Hall–Kier alpha value is -2.53. The van der Waals surface area contributed by atoms with Crippen molar-refractivity contribution in [1.82, 2.24) is 10.2 Å². The first-order valence-electron chi connectivity index (χ1n) is 10.4. The lowest BCUT2D eigenvalue weighted by atomic mass is 10.1. The Balaban J connectivity index is 0.00000132. The summed E-state index contributed by atoms with van der Waals surface area (Å²) in [5, 5.41) is 2.72. The zero-order valence-corrected chi connectivity index (χ0v) is 18.5. The molecule has 0 fully saturated rings. The number of hydrogen-bond acceptors (Lipinski definition) is 4. The quantitative estimate of drug-likeness (QED) is 0.610. The van der Waals surface area contributed by atoms with Gasteiger partial charge in [-0.15, -0.1) is 0 Å². The van der Waals surface area contributed by atoms with Crippen LogP contribution in [0.2, 0.25) is 0 Å². The van der Waals surface area contributed by atoms with Gasteiger partial charge in [-0.3, -0.25) is 4.90 Å². The number of amides is 1. The Morgan fingerprint density at radius 2 is 1.66 bits per heavy atom. The zero-order valence-electron chi connectivity index (χ0n) is 18.5. The van der Waals surface area contributed by atoms with Crippen molar-refractivity contribution in [3.05, 3.63) is 65.7 Å². The van der Waals surface area contributed by atoms with E-state index >= 15 is 0 Å². The van der Waals surface area contributed by atoms with E-state index in [1.807, 2.05) is 30.3 Å². The molecule has 29 heavy (non-hydrogen) atoms. The summed E-state index contributed by atoms with van der Waals surface area (Å²) >= 11 is 0. The lowest BCUT2D eigenvalue weighted by Crippen LogP contribution is -2.36. The predicted octanol–water partition coefficient (Wildman–Crippen LogP) is 5.42. The van der Waals surface area contributed by atoms with Gasteiger partial charge in [-0.05, 0) is 36.7 Å². The number of alkyl carbamates (subject to hydrolysis) is 1. The molecule has 5 nitrogen and oxygen atoms in total.